The molecule has 0 bridgehead atoms. The lowest BCUT2D eigenvalue weighted by Crippen LogP contribution is -2.31. The van der Waals surface area contributed by atoms with Gasteiger partial charge in [0.2, 0.25) is 0 Å². The molecule has 0 aromatic rings. The van der Waals surface area contributed by atoms with Crippen LogP contribution in [0.5, 0.6) is 0 Å². The molecule has 6 heteroatoms. The van der Waals surface area contributed by atoms with Crippen LogP contribution >= 0.6 is 11.8 Å². The van der Waals surface area contributed by atoms with E-state index in [0.717, 1.165) is 6.42 Å². The molecule has 0 spiro atoms. The van der Waals surface area contributed by atoms with Crippen LogP contribution in [0.3, 0.4) is 0 Å². The normalized spacial score (nSPS) is 23.8. The monoisotopic (exact) mass is 215 g/mol. The van der Waals surface area contributed by atoms with Crippen molar-refractivity contribution in [2.24, 2.45) is 0 Å². The molecule has 0 amide bonds. The van der Waals surface area contributed by atoms with E-state index in [1.54, 1.807) is 0 Å². The standard InChI is InChI=1S/C7H12F3NOS/c8-7(9,10)13-4-2-11-6-1-3-12-5-6/h6,11H,1-5H2. The number of thioether (sulfide) groups is 1. The smallest absolute Gasteiger partial charge is 0.380 e. The molecule has 1 aliphatic rings. The lowest BCUT2D eigenvalue weighted by Gasteiger charge is -2.10. The van der Waals surface area contributed by atoms with Crippen molar-refractivity contribution in [1.29, 1.82) is 0 Å². The molecule has 1 aliphatic heterocycles. The van der Waals surface area contributed by atoms with Crippen LogP contribution in [-0.4, -0.2) is 37.1 Å². The highest BCUT2D eigenvalue weighted by molar-refractivity contribution is 8.00. The number of rotatable bonds is 4. The summed E-state index contributed by atoms with van der Waals surface area (Å²) in [5.74, 6) is 0.0694. The van der Waals surface area contributed by atoms with Gasteiger partial charge in [-0.25, -0.2) is 0 Å². The highest BCUT2D eigenvalue weighted by atomic mass is 32.2. The molecule has 1 unspecified atom stereocenters. The summed E-state index contributed by atoms with van der Waals surface area (Å²) in [4.78, 5) is 0. The van der Waals surface area contributed by atoms with Gasteiger partial charge in [0.25, 0.3) is 0 Å². The molecule has 0 saturated carbocycles. The van der Waals surface area contributed by atoms with Gasteiger partial charge in [0.05, 0.1) is 6.61 Å². The average Bonchev–Trinajstić information content (AvgIpc) is 2.48. The van der Waals surface area contributed by atoms with Crippen molar-refractivity contribution in [2.45, 2.75) is 18.0 Å². The van der Waals surface area contributed by atoms with Gasteiger partial charge in [-0.15, -0.1) is 0 Å². The third kappa shape index (κ3) is 5.38. The Bertz CT molecular complexity index is 147. The molecule has 1 saturated heterocycles. The summed E-state index contributed by atoms with van der Waals surface area (Å²) in [5, 5.41) is 3.01. The minimum absolute atomic E-state index is 0.0136. The van der Waals surface area contributed by atoms with Crippen molar-refractivity contribution in [3.63, 3.8) is 0 Å². The molecule has 1 atom stereocenters. The third-order valence-electron chi connectivity index (χ3n) is 1.73. The Hall–Kier alpha value is 0.0600. The predicted octanol–water partition coefficient (Wildman–Crippen LogP) is 1.62. The van der Waals surface area contributed by atoms with Gasteiger partial charge >= 0.3 is 5.51 Å². The predicted molar refractivity (Wildman–Crippen MR) is 45.7 cm³/mol. The zero-order valence-electron chi connectivity index (χ0n) is 7.06. The Kier molecular flexibility index (Phi) is 4.34. The Morgan fingerprint density at radius 1 is 1.46 bits per heavy atom. The molecule has 0 aromatic heterocycles. The van der Waals surface area contributed by atoms with E-state index < -0.39 is 5.51 Å². The summed E-state index contributed by atoms with van der Waals surface area (Å²) in [6, 6.07) is 0.244. The average molecular weight is 215 g/mol. The van der Waals surface area contributed by atoms with Crippen LogP contribution in [-0.2, 0) is 4.74 Å². The first-order valence-electron chi connectivity index (χ1n) is 4.10. The maximum atomic E-state index is 11.7. The van der Waals surface area contributed by atoms with E-state index in [1.165, 1.54) is 0 Å². The van der Waals surface area contributed by atoms with Gasteiger partial charge < -0.3 is 10.1 Å². The van der Waals surface area contributed by atoms with Crippen molar-refractivity contribution in [3.05, 3.63) is 0 Å². The quantitative estimate of drug-likeness (QED) is 0.720. The van der Waals surface area contributed by atoms with E-state index in [-0.39, 0.29) is 23.6 Å². The topological polar surface area (TPSA) is 21.3 Å². The number of ether oxygens (including phenoxy) is 1. The first-order valence-corrected chi connectivity index (χ1v) is 5.08. The highest BCUT2D eigenvalue weighted by Crippen LogP contribution is 2.29. The van der Waals surface area contributed by atoms with Crippen molar-refractivity contribution >= 4 is 11.8 Å². The molecule has 13 heavy (non-hydrogen) atoms. The van der Waals surface area contributed by atoms with Crippen LogP contribution in [0.2, 0.25) is 0 Å². The summed E-state index contributed by atoms with van der Waals surface area (Å²) < 4.78 is 40.1. The van der Waals surface area contributed by atoms with Gasteiger partial charge in [-0.05, 0) is 18.2 Å². The molecule has 1 N–H and O–H groups in total. The van der Waals surface area contributed by atoms with Gasteiger partial charge in [0.15, 0.2) is 0 Å². The summed E-state index contributed by atoms with van der Waals surface area (Å²) >= 11 is 0.0136. The van der Waals surface area contributed by atoms with Crippen molar-refractivity contribution in [1.82, 2.24) is 5.32 Å². The number of hydrogen-bond acceptors (Lipinski definition) is 3. The van der Waals surface area contributed by atoms with Crippen LogP contribution in [0.4, 0.5) is 13.2 Å². The Labute approximate surface area is 79.2 Å². The second-order valence-corrected chi connectivity index (χ2v) is 3.97. The molecule has 1 fully saturated rings. The second-order valence-electron chi connectivity index (χ2n) is 2.81. The second kappa shape index (κ2) is 5.07. The SMILES string of the molecule is FC(F)(F)SCCNC1CCOC1. The molecule has 1 heterocycles. The van der Waals surface area contributed by atoms with Gasteiger partial charge in [-0.2, -0.15) is 13.2 Å². The van der Waals surface area contributed by atoms with Crippen molar-refractivity contribution < 1.29 is 17.9 Å². The first kappa shape index (κ1) is 11.1. The van der Waals surface area contributed by atoms with E-state index in [4.69, 9.17) is 4.74 Å². The lowest BCUT2D eigenvalue weighted by molar-refractivity contribution is -0.0327. The van der Waals surface area contributed by atoms with E-state index in [0.29, 0.717) is 19.8 Å². The largest absolute Gasteiger partial charge is 0.441 e. The fraction of sp³-hybridized carbons (Fsp3) is 1.00. The minimum atomic E-state index is -4.10. The number of halogens is 3. The van der Waals surface area contributed by atoms with Crippen molar-refractivity contribution in [2.75, 3.05) is 25.5 Å². The molecule has 0 aromatic carbocycles. The molecule has 0 radical (unpaired) electrons. The zero-order valence-corrected chi connectivity index (χ0v) is 7.88. The summed E-state index contributed by atoms with van der Waals surface area (Å²) in [5.41, 5.74) is -4.10. The Morgan fingerprint density at radius 3 is 2.77 bits per heavy atom. The third-order valence-corrected chi connectivity index (χ3v) is 2.47. The van der Waals surface area contributed by atoms with Gasteiger partial charge in [-0.1, -0.05) is 0 Å². The van der Waals surface area contributed by atoms with Crippen LogP contribution < -0.4 is 5.32 Å². The van der Waals surface area contributed by atoms with E-state index in [1.807, 2.05) is 0 Å². The molecular formula is C7H12F3NOS. The fourth-order valence-corrected chi connectivity index (χ4v) is 1.58. The van der Waals surface area contributed by atoms with Crippen molar-refractivity contribution in [3.8, 4) is 0 Å². The van der Waals surface area contributed by atoms with Crippen LogP contribution in [0.15, 0.2) is 0 Å². The van der Waals surface area contributed by atoms with Crippen LogP contribution in [0.1, 0.15) is 6.42 Å². The summed E-state index contributed by atoms with van der Waals surface area (Å²) in [6.07, 6.45) is 0.899. The van der Waals surface area contributed by atoms with E-state index in [9.17, 15) is 13.2 Å². The van der Waals surface area contributed by atoms with E-state index in [2.05, 4.69) is 5.32 Å². The van der Waals surface area contributed by atoms with Gasteiger partial charge in [0.1, 0.15) is 0 Å². The summed E-state index contributed by atoms with van der Waals surface area (Å²) in [6.45, 7) is 1.72. The summed E-state index contributed by atoms with van der Waals surface area (Å²) in [7, 11) is 0. The molecule has 0 aliphatic carbocycles. The number of hydrogen-bond donors (Lipinski definition) is 1. The molecule has 2 nitrogen and oxygen atoms in total. The van der Waals surface area contributed by atoms with Crippen LogP contribution in [0.25, 0.3) is 0 Å². The highest BCUT2D eigenvalue weighted by Gasteiger charge is 2.27. The van der Waals surface area contributed by atoms with Gasteiger partial charge in [-0.3, -0.25) is 0 Å². The van der Waals surface area contributed by atoms with Crippen LogP contribution in [0, 0.1) is 0 Å². The lowest BCUT2D eigenvalue weighted by atomic mass is 10.3. The minimum Gasteiger partial charge on any atom is -0.380 e. The number of alkyl halides is 3. The van der Waals surface area contributed by atoms with Gasteiger partial charge in [0, 0.05) is 24.9 Å². The molecule has 1 rings (SSSR count). The molecule has 78 valence electrons. The molecular weight excluding hydrogens is 203 g/mol. The zero-order chi connectivity index (χ0) is 9.73. The fourth-order valence-electron chi connectivity index (χ4n) is 1.13. The Morgan fingerprint density at radius 2 is 2.23 bits per heavy atom. The van der Waals surface area contributed by atoms with E-state index >= 15 is 0 Å². The maximum Gasteiger partial charge on any atom is 0.441 e. The maximum absolute atomic E-state index is 11.7. The first-order chi connectivity index (χ1) is 6.08. The number of nitrogens with one attached hydrogen (secondary N) is 1. The Balaban J connectivity index is 1.94.